The number of hydrogen-bond acceptors (Lipinski definition) is 3. The van der Waals surface area contributed by atoms with Crippen LogP contribution in [0.2, 0.25) is 0 Å². The van der Waals surface area contributed by atoms with Crippen molar-refractivity contribution in [2.45, 2.75) is 20.8 Å². The van der Waals surface area contributed by atoms with Crippen LogP contribution in [-0.2, 0) is 4.79 Å². The Morgan fingerprint density at radius 2 is 1.26 bits per heavy atom. The van der Waals surface area contributed by atoms with Crippen molar-refractivity contribution in [1.82, 2.24) is 0 Å². The summed E-state index contributed by atoms with van der Waals surface area (Å²) in [6.07, 6.45) is 1.62. The molecule has 0 aromatic heterocycles. The second-order valence-electron chi connectivity index (χ2n) is 8.50. The molecule has 4 aromatic rings. The van der Waals surface area contributed by atoms with E-state index in [1.165, 1.54) is 0 Å². The molecule has 172 valence electrons. The molecular formula is C31H27N3O. The molecule has 4 rings (SSSR count). The Morgan fingerprint density at radius 3 is 1.74 bits per heavy atom. The number of amides is 1. The zero-order valence-electron chi connectivity index (χ0n) is 20.1. The minimum absolute atomic E-state index is 0.0556. The van der Waals surface area contributed by atoms with Crippen LogP contribution >= 0.6 is 0 Å². The number of benzene rings is 4. The fraction of sp³-hybridized carbons (Fsp3) is 0.0968. The molecule has 0 aliphatic heterocycles. The van der Waals surface area contributed by atoms with Crippen molar-refractivity contribution < 1.29 is 4.79 Å². The van der Waals surface area contributed by atoms with E-state index in [4.69, 9.17) is 0 Å². The van der Waals surface area contributed by atoms with Gasteiger partial charge in [-0.05, 0) is 79.9 Å². The molecule has 35 heavy (non-hydrogen) atoms. The summed E-state index contributed by atoms with van der Waals surface area (Å²) in [5, 5.41) is 12.6. The standard InChI is InChI=1S/C31H27N3O/c1-22-18-23(2)30(24(3)19-22)33-31(35)26(21-32)20-25-14-16-29(17-15-25)34(27-10-6-4-7-11-27)28-12-8-5-9-13-28/h4-20H,1-3H3,(H,33,35). The third-order valence-corrected chi connectivity index (χ3v) is 5.77. The second kappa shape index (κ2) is 10.5. The van der Waals surface area contributed by atoms with Gasteiger partial charge < -0.3 is 10.2 Å². The van der Waals surface area contributed by atoms with Gasteiger partial charge in [0.1, 0.15) is 11.6 Å². The van der Waals surface area contributed by atoms with Crippen LogP contribution in [0.5, 0.6) is 0 Å². The van der Waals surface area contributed by atoms with Crippen LogP contribution in [0.4, 0.5) is 22.7 Å². The molecule has 0 atom stereocenters. The van der Waals surface area contributed by atoms with E-state index in [1.807, 2.05) is 99.6 Å². The molecule has 0 heterocycles. The average Bonchev–Trinajstić information content (AvgIpc) is 2.87. The Balaban J connectivity index is 1.61. The van der Waals surface area contributed by atoms with E-state index in [9.17, 15) is 10.1 Å². The second-order valence-corrected chi connectivity index (χ2v) is 8.50. The number of carbonyl (C=O) groups is 1. The van der Waals surface area contributed by atoms with Crippen LogP contribution in [0.25, 0.3) is 6.08 Å². The van der Waals surface area contributed by atoms with Crippen molar-refractivity contribution in [3.05, 3.63) is 125 Å². The van der Waals surface area contributed by atoms with E-state index in [1.54, 1.807) is 6.08 Å². The van der Waals surface area contributed by atoms with Crippen molar-refractivity contribution in [1.29, 1.82) is 5.26 Å². The van der Waals surface area contributed by atoms with Gasteiger partial charge in [-0.15, -0.1) is 0 Å². The van der Waals surface area contributed by atoms with E-state index < -0.39 is 5.91 Å². The maximum absolute atomic E-state index is 12.9. The maximum Gasteiger partial charge on any atom is 0.266 e. The predicted octanol–water partition coefficient (Wildman–Crippen LogP) is 7.63. The molecular weight excluding hydrogens is 430 g/mol. The van der Waals surface area contributed by atoms with E-state index in [2.05, 4.69) is 34.5 Å². The van der Waals surface area contributed by atoms with Gasteiger partial charge in [-0.3, -0.25) is 4.79 Å². The van der Waals surface area contributed by atoms with Crippen molar-refractivity contribution >= 4 is 34.7 Å². The van der Waals surface area contributed by atoms with Gasteiger partial charge in [0, 0.05) is 22.7 Å². The fourth-order valence-corrected chi connectivity index (χ4v) is 4.19. The largest absolute Gasteiger partial charge is 0.321 e. The lowest BCUT2D eigenvalue weighted by Gasteiger charge is -2.25. The van der Waals surface area contributed by atoms with E-state index in [-0.39, 0.29) is 5.57 Å². The van der Waals surface area contributed by atoms with Gasteiger partial charge in [-0.2, -0.15) is 5.26 Å². The first-order valence-electron chi connectivity index (χ1n) is 11.5. The lowest BCUT2D eigenvalue weighted by atomic mass is 10.0. The van der Waals surface area contributed by atoms with Gasteiger partial charge in [0.2, 0.25) is 0 Å². The number of carbonyl (C=O) groups excluding carboxylic acids is 1. The lowest BCUT2D eigenvalue weighted by Crippen LogP contribution is -2.15. The number of rotatable bonds is 6. The summed E-state index contributed by atoms with van der Waals surface area (Å²) in [6.45, 7) is 5.93. The highest BCUT2D eigenvalue weighted by atomic mass is 16.1. The summed E-state index contributed by atoms with van der Waals surface area (Å²) in [6, 6.07) is 34.2. The Labute approximate surface area is 206 Å². The van der Waals surface area contributed by atoms with Crippen LogP contribution in [0.15, 0.2) is 103 Å². The lowest BCUT2D eigenvalue weighted by molar-refractivity contribution is -0.112. The Kier molecular flexibility index (Phi) is 7.09. The number of nitrogens with zero attached hydrogens (tertiary/aromatic N) is 2. The predicted molar refractivity (Wildman–Crippen MR) is 144 cm³/mol. The number of anilines is 4. The molecule has 1 N–H and O–H groups in total. The smallest absolute Gasteiger partial charge is 0.266 e. The number of para-hydroxylation sites is 2. The Bertz CT molecular complexity index is 1340. The third-order valence-electron chi connectivity index (χ3n) is 5.77. The normalized spacial score (nSPS) is 11.0. The highest BCUT2D eigenvalue weighted by Crippen LogP contribution is 2.34. The van der Waals surface area contributed by atoms with E-state index >= 15 is 0 Å². The van der Waals surface area contributed by atoms with Gasteiger partial charge >= 0.3 is 0 Å². The molecule has 4 nitrogen and oxygen atoms in total. The molecule has 0 aliphatic carbocycles. The van der Waals surface area contributed by atoms with Gasteiger partial charge in [0.25, 0.3) is 5.91 Å². The Morgan fingerprint density at radius 1 is 0.771 bits per heavy atom. The van der Waals surface area contributed by atoms with Crippen LogP contribution < -0.4 is 10.2 Å². The van der Waals surface area contributed by atoms with Gasteiger partial charge in [-0.1, -0.05) is 66.2 Å². The quantitative estimate of drug-likeness (QED) is 0.239. The van der Waals surface area contributed by atoms with Crippen LogP contribution in [0.3, 0.4) is 0 Å². The SMILES string of the molecule is Cc1cc(C)c(NC(=O)C(C#N)=Cc2ccc(N(c3ccccc3)c3ccccc3)cc2)c(C)c1. The molecule has 0 saturated carbocycles. The minimum atomic E-state index is -0.415. The fourth-order valence-electron chi connectivity index (χ4n) is 4.19. The molecule has 0 fully saturated rings. The molecule has 0 radical (unpaired) electrons. The van der Waals surface area contributed by atoms with Gasteiger partial charge in [0.15, 0.2) is 0 Å². The molecule has 0 saturated heterocycles. The number of hydrogen-bond donors (Lipinski definition) is 1. The van der Waals surface area contributed by atoms with Crippen LogP contribution in [0.1, 0.15) is 22.3 Å². The van der Waals surface area contributed by atoms with Crippen molar-refractivity contribution in [2.75, 3.05) is 10.2 Å². The van der Waals surface area contributed by atoms with Crippen molar-refractivity contribution in [3.8, 4) is 6.07 Å². The van der Waals surface area contributed by atoms with Crippen molar-refractivity contribution in [3.63, 3.8) is 0 Å². The molecule has 0 unspecified atom stereocenters. The molecule has 4 heteroatoms. The first-order chi connectivity index (χ1) is 17.0. The summed E-state index contributed by atoms with van der Waals surface area (Å²) >= 11 is 0. The minimum Gasteiger partial charge on any atom is -0.321 e. The average molecular weight is 458 g/mol. The third kappa shape index (κ3) is 5.48. The summed E-state index contributed by atoms with van der Waals surface area (Å²) in [7, 11) is 0. The highest BCUT2D eigenvalue weighted by Gasteiger charge is 2.14. The zero-order chi connectivity index (χ0) is 24.8. The summed E-state index contributed by atoms with van der Waals surface area (Å²) < 4.78 is 0. The molecule has 0 aliphatic rings. The van der Waals surface area contributed by atoms with E-state index in [0.29, 0.717) is 0 Å². The summed E-state index contributed by atoms with van der Waals surface area (Å²) in [4.78, 5) is 15.0. The molecule has 0 bridgehead atoms. The van der Waals surface area contributed by atoms with E-state index in [0.717, 1.165) is 45.0 Å². The number of nitrogens with one attached hydrogen (secondary N) is 1. The molecule has 1 amide bonds. The van der Waals surface area contributed by atoms with Crippen LogP contribution in [0, 0.1) is 32.1 Å². The monoisotopic (exact) mass is 457 g/mol. The first kappa shape index (κ1) is 23.5. The topological polar surface area (TPSA) is 56.1 Å². The van der Waals surface area contributed by atoms with Crippen molar-refractivity contribution in [2.24, 2.45) is 0 Å². The summed E-state index contributed by atoms with van der Waals surface area (Å²) in [5.41, 5.74) is 7.73. The van der Waals surface area contributed by atoms with Gasteiger partial charge in [-0.25, -0.2) is 0 Å². The van der Waals surface area contributed by atoms with Gasteiger partial charge in [0.05, 0.1) is 0 Å². The van der Waals surface area contributed by atoms with Crippen LogP contribution in [-0.4, -0.2) is 5.91 Å². The molecule has 4 aromatic carbocycles. The molecule has 0 spiro atoms. The summed E-state index contributed by atoms with van der Waals surface area (Å²) in [5.74, 6) is -0.415. The first-order valence-corrected chi connectivity index (χ1v) is 11.5. The maximum atomic E-state index is 12.9. The highest BCUT2D eigenvalue weighted by molar-refractivity contribution is 6.10. The Hall–Kier alpha value is -4.62. The number of aryl methyl sites for hydroxylation is 3. The number of nitriles is 1. The zero-order valence-corrected chi connectivity index (χ0v) is 20.1.